The monoisotopic (exact) mass is 279 g/mol. The van der Waals surface area contributed by atoms with Crippen LogP contribution in [0.15, 0.2) is 34.3 Å². The summed E-state index contributed by atoms with van der Waals surface area (Å²) in [6.45, 7) is 0.0261. The van der Waals surface area contributed by atoms with Gasteiger partial charge in [0, 0.05) is 4.90 Å². The van der Waals surface area contributed by atoms with Gasteiger partial charge in [0.25, 0.3) is 0 Å². The van der Waals surface area contributed by atoms with Crippen LogP contribution in [0.25, 0.3) is 0 Å². The Morgan fingerprint density at radius 1 is 1.00 bits per heavy atom. The van der Waals surface area contributed by atoms with Gasteiger partial charge in [-0.05, 0) is 29.5 Å². The summed E-state index contributed by atoms with van der Waals surface area (Å²) in [4.78, 5) is 13.1. The predicted octanol–water partition coefficient (Wildman–Crippen LogP) is 1.53. The molecule has 7 heteroatoms. The summed E-state index contributed by atoms with van der Waals surface area (Å²) in [5.74, 6) is 0. The molecule has 6 nitrogen and oxygen atoms in total. The summed E-state index contributed by atoms with van der Waals surface area (Å²) >= 11 is 1.36. The standard InChI is InChI=1S/C12H13N3O3S/c1-17-10-13-11(18-2)15-12(14-10)19-9-5-3-8(7-16)4-6-9/h3-6,16H,7H2,1-2H3. The van der Waals surface area contributed by atoms with Crippen LogP contribution >= 0.6 is 11.8 Å². The highest BCUT2D eigenvalue weighted by atomic mass is 32.2. The Kier molecular flexibility index (Phi) is 4.53. The van der Waals surface area contributed by atoms with E-state index < -0.39 is 0 Å². The predicted molar refractivity (Wildman–Crippen MR) is 69.4 cm³/mol. The minimum Gasteiger partial charge on any atom is -0.467 e. The van der Waals surface area contributed by atoms with Crippen molar-refractivity contribution >= 4 is 11.8 Å². The van der Waals surface area contributed by atoms with Crippen LogP contribution in [0.3, 0.4) is 0 Å². The first-order chi connectivity index (χ1) is 9.25. The molecular weight excluding hydrogens is 266 g/mol. The van der Waals surface area contributed by atoms with Crippen LogP contribution in [0.5, 0.6) is 12.0 Å². The van der Waals surface area contributed by atoms with Gasteiger partial charge in [0.1, 0.15) is 0 Å². The third kappa shape index (κ3) is 3.55. The lowest BCUT2D eigenvalue weighted by atomic mass is 10.2. The molecule has 0 saturated carbocycles. The van der Waals surface area contributed by atoms with Gasteiger partial charge in [-0.3, -0.25) is 0 Å². The Morgan fingerprint density at radius 3 is 2.05 bits per heavy atom. The lowest BCUT2D eigenvalue weighted by Gasteiger charge is -2.05. The quantitative estimate of drug-likeness (QED) is 0.889. The van der Waals surface area contributed by atoms with Gasteiger partial charge in [-0.25, -0.2) is 0 Å². The average Bonchev–Trinajstić information content (AvgIpc) is 2.47. The van der Waals surface area contributed by atoms with Crippen LogP contribution < -0.4 is 9.47 Å². The van der Waals surface area contributed by atoms with Crippen molar-refractivity contribution < 1.29 is 14.6 Å². The second-order valence-electron chi connectivity index (χ2n) is 3.50. The maximum Gasteiger partial charge on any atom is 0.323 e. The summed E-state index contributed by atoms with van der Waals surface area (Å²) in [6, 6.07) is 7.89. The van der Waals surface area contributed by atoms with Crippen molar-refractivity contribution in [2.75, 3.05) is 14.2 Å². The van der Waals surface area contributed by atoms with Crippen LogP contribution in [0.4, 0.5) is 0 Å². The molecule has 0 aliphatic rings. The fourth-order valence-electron chi connectivity index (χ4n) is 1.32. The molecule has 2 rings (SSSR count). The van der Waals surface area contributed by atoms with Gasteiger partial charge >= 0.3 is 12.0 Å². The van der Waals surface area contributed by atoms with E-state index in [9.17, 15) is 0 Å². The van der Waals surface area contributed by atoms with Crippen LogP contribution in [0.1, 0.15) is 5.56 Å². The van der Waals surface area contributed by atoms with E-state index >= 15 is 0 Å². The Hall–Kier alpha value is -1.86. The van der Waals surface area contributed by atoms with Crippen molar-refractivity contribution in [2.24, 2.45) is 0 Å². The zero-order chi connectivity index (χ0) is 13.7. The molecule has 0 radical (unpaired) electrons. The number of rotatable bonds is 5. The minimum atomic E-state index is 0.0261. The summed E-state index contributed by atoms with van der Waals surface area (Å²) in [5.41, 5.74) is 0.857. The molecule has 1 aromatic heterocycles. The maximum absolute atomic E-state index is 8.98. The first-order valence-electron chi connectivity index (χ1n) is 5.47. The zero-order valence-electron chi connectivity index (χ0n) is 10.5. The molecular formula is C12H13N3O3S. The lowest BCUT2D eigenvalue weighted by molar-refractivity contribution is 0.282. The number of nitrogens with zero attached hydrogens (tertiary/aromatic N) is 3. The topological polar surface area (TPSA) is 77.4 Å². The average molecular weight is 279 g/mol. The third-order valence-electron chi connectivity index (χ3n) is 2.25. The summed E-state index contributed by atoms with van der Waals surface area (Å²) in [5, 5.41) is 9.47. The number of hydrogen-bond donors (Lipinski definition) is 1. The molecule has 0 saturated heterocycles. The van der Waals surface area contributed by atoms with Crippen LogP contribution in [0, 0.1) is 0 Å². The molecule has 0 aliphatic heterocycles. The van der Waals surface area contributed by atoms with Gasteiger partial charge in [0.2, 0.25) is 5.16 Å². The Morgan fingerprint density at radius 2 is 1.58 bits per heavy atom. The number of methoxy groups -OCH3 is 2. The van der Waals surface area contributed by atoms with E-state index in [2.05, 4.69) is 15.0 Å². The highest BCUT2D eigenvalue weighted by Crippen LogP contribution is 2.26. The fraction of sp³-hybridized carbons (Fsp3) is 0.250. The summed E-state index contributed by atoms with van der Waals surface area (Å²) in [6.07, 6.45) is 0. The van der Waals surface area contributed by atoms with Crippen molar-refractivity contribution in [1.29, 1.82) is 0 Å². The molecule has 1 N–H and O–H groups in total. The van der Waals surface area contributed by atoms with Gasteiger partial charge in [-0.2, -0.15) is 9.97 Å². The molecule has 0 unspecified atom stereocenters. The smallest absolute Gasteiger partial charge is 0.323 e. The highest BCUT2D eigenvalue weighted by Gasteiger charge is 2.08. The van der Waals surface area contributed by atoms with E-state index in [0.717, 1.165) is 10.5 Å². The first-order valence-corrected chi connectivity index (χ1v) is 6.28. The normalized spacial score (nSPS) is 10.3. The van der Waals surface area contributed by atoms with E-state index in [0.29, 0.717) is 5.16 Å². The molecule has 19 heavy (non-hydrogen) atoms. The van der Waals surface area contributed by atoms with Gasteiger partial charge in [0.05, 0.1) is 20.8 Å². The second-order valence-corrected chi connectivity index (χ2v) is 4.54. The van der Waals surface area contributed by atoms with E-state index in [1.165, 1.54) is 26.0 Å². The van der Waals surface area contributed by atoms with Crippen molar-refractivity contribution in [3.63, 3.8) is 0 Å². The first kappa shape index (κ1) is 13.6. The van der Waals surface area contributed by atoms with E-state index in [-0.39, 0.29) is 18.6 Å². The molecule has 0 amide bonds. The maximum atomic E-state index is 8.98. The van der Waals surface area contributed by atoms with Crippen LogP contribution in [0.2, 0.25) is 0 Å². The third-order valence-corrected chi connectivity index (χ3v) is 3.13. The number of aliphatic hydroxyl groups excluding tert-OH is 1. The van der Waals surface area contributed by atoms with Crippen LogP contribution in [-0.2, 0) is 6.61 Å². The molecule has 100 valence electrons. The number of ether oxygens (including phenoxy) is 2. The molecule has 2 aromatic rings. The van der Waals surface area contributed by atoms with E-state index in [1.54, 1.807) is 0 Å². The molecule has 0 atom stereocenters. The van der Waals surface area contributed by atoms with E-state index in [1.807, 2.05) is 24.3 Å². The Balaban J connectivity index is 2.21. The van der Waals surface area contributed by atoms with E-state index in [4.69, 9.17) is 14.6 Å². The molecule has 1 heterocycles. The second kappa shape index (κ2) is 6.35. The van der Waals surface area contributed by atoms with Crippen LogP contribution in [-0.4, -0.2) is 34.3 Å². The SMILES string of the molecule is COc1nc(OC)nc(Sc2ccc(CO)cc2)n1. The Bertz CT molecular complexity index is 526. The van der Waals surface area contributed by atoms with Gasteiger partial charge in [-0.1, -0.05) is 12.1 Å². The lowest BCUT2D eigenvalue weighted by Crippen LogP contribution is -2.00. The highest BCUT2D eigenvalue weighted by molar-refractivity contribution is 7.99. The number of aromatic nitrogens is 3. The van der Waals surface area contributed by atoms with Crippen molar-refractivity contribution in [2.45, 2.75) is 16.7 Å². The number of benzene rings is 1. The largest absolute Gasteiger partial charge is 0.467 e. The molecule has 0 fully saturated rings. The number of hydrogen-bond acceptors (Lipinski definition) is 7. The zero-order valence-corrected chi connectivity index (χ0v) is 11.3. The van der Waals surface area contributed by atoms with Gasteiger partial charge in [-0.15, -0.1) is 4.98 Å². The number of aliphatic hydroxyl groups is 1. The fourth-order valence-corrected chi connectivity index (χ4v) is 2.05. The van der Waals surface area contributed by atoms with Crippen molar-refractivity contribution in [3.8, 4) is 12.0 Å². The molecule has 0 bridgehead atoms. The van der Waals surface area contributed by atoms with Gasteiger partial charge in [0.15, 0.2) is 0 Å². The molecule has 0 aliphatic carbocycles. The van der Waals surface area contributed by atoms with Crippen molar-refractivity contribution in [1.82, 2.24) is 15.0 Å². The minimum absolute atomic E-state index is 0.0261. The molecule has 1 aromatic carbocycles. The Labute approximate surface area is 114 Å². The summed E-state index contributed by atoms with van der Waals surface area (Å²) < 4.78 is 9.97. The molecule has 0 spiro atoms. The summed E-state index contributed by atoms with van der Waals surface area (Å²) in [7, 11) is 2.97. The van der Waals surface area contributed by atoms with Gasteiger partial charge < -0.3 is 14.6 Å². The van der Waals surface area contributed by atoms with Crippen molar-refractivity contribution in [3.05, 3.63) is 29.8 Å².